The third kappa shape index (κ3) is 4.41. The molecule has 0 radical (unpaired) electrons. The lowest BCUT2D eigenvalue weighted by Crippen LogP contribution is -2.35. The van der Waals surface area contributed by atoms with Gasteiger partial charge in [0.2, 0.25) is 0 Å². The molecule has 0 saturated carbocycles. The van der Waals surface area contributed by atoms with E-state index in [9.17, 15) is 14.7 Å². The standard InChI is InChI=1S/C22H24N2O4S/c1-4-13-28-16-9-7-15(8-10-16)20(25)18-19(17-6-5-14-29-17)24(12-11-23(2)3)22(27)21(18)26/h4-10,14,19,25H,1,11-13H2,2-3H3/b20-18+/t19-/m1/s1. The number of ether oxygens (including phenoxy) is 1. The maximum atomic E-state index is 12.8. The number of nitrogens with zero attached hydrogens (tertiary/aromatic N) is 2. The van der Waals surface area contributed by atoms with E-state index in [1.54, 1.807) is 35.2 Å². The van der Waals surface area contributed by atoms with Crippen LogP contribution >= 0.6 is 11.3 Å². The van der Waals surface area contributed by atoms with Crippen LogP contribution in [-0.2, 0) is 9.59 Å². The van der Waals surface area contributed by atoms with Crippen molar-refractivity contribution in [3.63, 3.8) is 0 Å². The number of hydrogen-bond donors (Lipinski definition) is 1. The van der Waals surface area contributed by atoms with Crippen LogP contribution in [0.5, 0.6) is 5.75 Å². The van der Waals surface area contributed by atoms with Gasteiger partial charge in [-0.2, -0.15) is 0 Å². The van der Waals surface area contributed by atoms with E-state index in [0.717, 1.165) is 4.88 Å². The Kier molecular flexibility index (Phi) is 6.51. The van der Waals surface area contributed by atoms with Gasteiger partial charge in [-0.1, -0.05) is 18.7 Å². The molecule has 7 heteroatoms. The number of rotatable bonds is 8. The van der Waals surface area contributed by atoms with Gasteiger partial charge in [0, 0.05) is 23.5 Å². The number of carbonyl (C=O) groups is 2. The number of benzene rings is 1. The van der Waals surface area contributed by atoms with Gasteiger partial charge in [-0.25, -0.2) is 0 Å². The van der Waals surface area contributed by atoms with Crippen molar-refractivity contribution < 1.29 is 19.4 Å². The number of thiophene rings is 1. The van der Waals surface area contributed by atoms with Crippen LogP contribution in [0, 0.1) is 0 Å². The summed E-state index contributed by atoms with van der Waals surface area (Å²) in [5, 5.41) is 12.9. The Labute approximate surface area is 174 Å². The van der Waals surface area contributed by atoms with E-state index in [0.29, 0.717) is 31.0 Å². The number of aliphatic hydroxyl groups excluding tert-OH is 1. The molecule has 1 amide bonds. The molecule has 0 spiro atoms. The summed E-state index contributed by atoms with van der Waals surface area (Å²) < 4.78 is 5.46. The third-order valence-corrected chi connectivity index (χ3v) is 5.56. The number of ketones is 1. The fraction of sp³-hybridized carbons (Fsp3) is 0.273. The molecule has 1 aliphatic rings. The van der Waals surface area contributed by atoms with E-state index in [-0.39, 0.29) is 11.3 Å². The highest BCUT2D eigenvalue weighted by molar-refractivity contribution is 7.10. The van der Waals surface area contributed by atoms with Gasteiger partial charge in [0.25, 0.3) is 11.7 Å². The van der Waals surface area contributed by atoms with E-state index in [4.69, 9.17) is 4.74 Å². The average Bonchev–Trinajstić information content (AvgIpc) is 3.32. The monoisotopic (exact) mass is 412 g/mol. The molecule has 1 atom stereocenters. The summed E-state index contributed by atoms with van der Waals surface area (Å²) in [5.41, 5.74) is 0.582. The first-order chi connectivity index (χ1) is 13.9. The molecule has 1 N–H and O–H groups in total. The molecule has 3 rings (SSSR count). The topological polar surface area (TPSA) is 70.1 Å². The smallest absolute Gasteiger partial charge is 0.295 e. The number of aliphatic hydroxyl groups is 1. The summed E-state index contributed by atoms with van der Waals surface area (Å²) in [6, 6.07) is 9.92. The second kappa shape index (κ2) is 9.07. The van der Waals surface area contributed by atoms with Gasteiger partial charge in [-0.15, -0.1) is 11.3 Å². The Hall–Kier alpha value is -2.90. The summed E-state index contributed by atoms with van der Waals surface area (Å²) >= 11 is 1.46. The van der Waals surface area contributed by atoms with Crippen LogP contribution < -0.4 is 4.74 Å². The minimum Gasteiger partial charge on any atom is -0.507 e. The Bertz CT molecular complexity index is 917. The largest absolute Gasteiger partial charge is 0.507 e. The molecular weight excluding hydrogens is 388 g/mol. The van der Waals surface area contributed by atoms with E-state index in [1.807, 2.05) is 36.5 Å². The van der Waals surface area contributed by atoms with Crippen molar-refractivity contribution in [1.29, 1.82) is 0 Å². The first-order valence-corrected chi connectivity index (χ1v) is 10.1. The lowest BCUT2D eigenvalue weighted by molar-refractivity contribution is -0.140. The van der Waals surface area contributed by atoms with Gasteiger partial charge in [-0.3, -0.25) is 9.59 Å². The molecule has 152 valence electrons. The molecule has 6 nitrogen and oxygen atoms in total. The predicted molar refractivity (Wildman–Crippen MR) is 114 cm³/mol. The second-order valence-corrected chi connectivity index (χ2v) is 7.91. The van der Waals surface area contributed by atoms with Crippen LogP contribution in [0.25, 0.3) is 5.76 Å². The number of likely N-dealkylation sites (N-methyl/N-ethyl adjacent to an activating group) is 1. The fourth-order valence-corrected chi connectivity index (χ4v) is 4.03. The first-order valence-electron chi connectivity index (χ1n) is 9.24. The molecule has 0 bridgehead atoms. The van der Waals surface area contributed by atoms with Crippen molar-refractivity contribution in [2.24, 2.45) is 0 Å². The minimum atomic E-state index is -0.661. The van der Waals surface area contributed by atoms with Crippen LogP contribution in [0.2, 0.25) is 0 Å². The molecular formula is C22H24N2O4S. The van der Waals surface area contributed by atoms with Crippen LogP contribution in [0.3, 0.4) is 0 Å². The summed E-state index contributed by atoms with van der Waals surface area (Å²) in [4.78, 5) is 29.9. The van der Waals surface area contributed by atoms with Gasteiger partial charge in [0.15, 0.2) is 0 Å². The fourth-order valence-electron chi connectivity index (χ4n) is 3.18. The Morgan fingerprint density at radius 3 is 2.59 bits per heavy atom. The van der Waals surface area contributed by atoms with Crippen molar-refractivity contribution >= 4 is 28.8 Å². The molecule has 1 aliphatic heterocycles. The van der Waals surface area contributed by atoms with Crippen LogP contribution in [-0.4, -0.2) is 60.4 Å². The zero-order chi connectivity index (χ0) is 21.0. The SMILES string of the molecule is C=CCOc1ccc(/C(O)=C2\C(=O)C(=O)N(CCN(C)C)[C@@H]2c2cccs2)cc1. The molecule has 1 saturated heterocycles. The van der Waals surface area contributed by atoms with Gasteiger partial charge in [0.05, 0.1) is 11.6 Å². The molecule has 1 aromatic carbocycles. The summed E-state index contributed by atoms with van der Waals surface area (Å²) in [6.45, 7) is 4.99. The van der Waals surface area contributed by atoms with Crippen LogP contribution in [0.1, 0.15) is 16.5 Å². The lowest BCUT2D eigenvalue weighted by atomic mass is 10.00. The molecule has 29 heavy (non-hydrogen) atoms. The zero-order valence-electron chi connectivity index (χ0n) is 16.5. The molecule has 2 heterocycles. The summed E-state index contributed by atoms with van der Waals surface area (Å²) in [7, 11) is 3.82. The number of likely N-dealkylation sites (tertiary alicyclic amines) is 1. The molecule has 0 aliphatic carbocycles. The Balaban J connectivity index is 2.00. The highest BCUT2D eigenvalue weighted by atomic mass is 32.1. The number of Topliss-reactive ketones (excluding diaryl/α,β-unsaturated/α-hetero) is 1. The Morgan fingerprint density at radius 1 is 1.28 bits per heavy atom. The molecule has 0 unspecified atom stereocenters. The van der Waals surface area contributed by atoms with E-state index >= 15 is 0 Å². The third-order valence-electron chi connectivity index (χ3n) is 4.64. The number of amides is 1. The van der Waals surface area contributed by atoms with Crippen LogP contribution in [0.15, 0.2) is 60.0 Å². The highest BCUT2D eigenvalue weighted by Crippen LogP contribution is 2.41. The maximum Gasteiger partial charge on any atom is 0.295 e. The van der Waals surface area contributed by atoms with Gasteiger partial charge in [-0.05, 0) is 49.8 Å². The zero-order valence-corrected chi connectivity index (χ0v) is 17.3. The van der Waals surface area contributed by atoms with Crippen molar-refractivity contribution in [1.82, 2.24) is 9.80 Å². The quantitative estimate of drug-likeness (QED) is 0.312. The minimum absolute atomic E-state index is 0.121. The van der Waals surface area contributed by atoms with Crippen LogP contribution in [0.4, 0.5) is 0 Å². The van der Waals surface area contributed by atoms with Gasteiger partial charge < -0.3 is 19.6 Å². The number of carbonyl (C=O) groups excluding carboxylic acids is 2. The summed E-state index contributed by atoms with van der Waals surface area (Å²) in [6.07, 6.45) is 1.64. The average molecular weight is 413 g/mol. The predicted octanol–water partition coefficient (Wildman–Crippen LogP) is 3.30. The summed E-state index contributed by atoms with van der Waals surface area (Å²) in [5.74, 6) is -0.795. The first kappa shape index (κ1) is 20.8. The molecule has 1 fully saturated rings. The molecule has 2 aromatic rings. The van der Waals surface area contributed by atoms with Crippen molar-refractivity contribution in [3.05, 3.63) is 70.4 Å². The van der Waals surface area contributed by atoms with Crippen molar-refractivity contribution in [2.45, 2.75) is 6.04 Å². The molecule has 1 aromatic heterocycles. The maximum absolute atomic E-state index is 12.8. The van der Waals surface area contributed by atoms with Crippen molar-refractivity contribution in [3.8, 4) is 5.75 Å². The normalized spacial score (nSPS) is 18.4. The Morgan fingerprint density at radius 2 is 2.00 bits per heavy atom. The van der Waals surface area contributed by atoms with Gasteiger partial charge >= 0.3 is 0 Å². The van der Waals surface area contributed by atoms with Crippen molar-refractivity contribution in [2.75, 3.05) is 33.8 Å². The lowest BCUT2D eigenvalue weighted by Gasteiger charge is -2.25. The van der Waals surface area contributed by atoms with E-state index < -0.39 is 17.7 Å². The second-order valence-electron chi connectivity index (χ2n) is 6.94. The van der Waals surface area contributed by atoms with Gasteiger partial charge in [0.1, 0.15) is 18.1 Å². The van der Waals surface area contributed by atoms with E-state index in [2.05, 4.69) is 6.58 Å². The highest BCUT2D eigenvalue weighted by Gasteiger charge is 2.46. The number of hydrogen-bond acceptors (Lipinski definition) is 6. The van der Waals surface area contributed by atoms with E-state index in [1.165, 1.54) is 11.3 Å².